The van der Waals surface area contributed by atoms with Gasteiger partial charge in [-0.25, -0.2) is 4.57 Å². The summed E-state index contributed by atoms with van der Waals surface area (Å²) in [5.41, 5.74) is 0. The fraction of sp³-hybridized carbons (Fsp3) is 1.00. The Morgan fingerprint density at radius 2 is 1.13 bits per heavy atom. The molecular formula is C8H25O4PSi2. The summed E-state index contributed by atoms with van der Waals surface area (Å²) in [7, 11) is -5.77. The molecule has 0 rings (SSSR count). The summed E-state index contributed by atoms with van der Waals surface area (Å²) in [6.07, 6.45) is 0. The Labute approximate surface area is 96.2 Å². The largest absolute Gasteiger partial charge is 0.454 e. The minimum Gasteiger partial charge on any atom is -0.331 e. The van der Waals surface area contributed by atoms with E-state index in [2.05, 4.69) is 0 Å². The average molecular weight is 272 g/mol. The molecule has 0 fully saturated rings. The average Bonchev–Trinajstić information content (AvgIpc) is 1.78. The third-order valence-corrected chi connectivity index (χ3v) is 7.61. The van der Waals surface area contributed by atoms with Crippen molar-refractivity contribution in [2.45, 2.75) is 46.7 Å². The third-order valence-electron chi connectivity index (χ3n) is 0.995. The first-order valence-electron chi connectivity index (χ1n) is 4.55. The second-order valence-electron chi connectivity index (χ2n) is 5.04. The van der Waals surface area contributed by atoms with Crippen LogP contribution < -0.4 is 0 Å². The molecule has 0 aromatic heterocycles. The number of hydrogen-bond acceptors (Lipinski definition) is 4. The first kappa shape index (κ1) is 17.9. The number of phosphoric acid groups is 1. The van der Waals surface area contributed by atoms with Gasteiger partial charge in [0.2, 0.25) is 0 Å². The maximum absolute atomic E-state index is 12.0. The van der Waals surface area contributed by atoms with Crippen LogP contribution in [0.5, 0.6) is 0 Å². The van der Waals surface area contributed by atoms with E-state index in [1.54, 1.807) is 0 Å². The fourth-order valence-corrected chi connectivity index (χ4v) is 7.21. The van der Waals surface area contributed by atoms with Gasteiger partial charge in [0.15, 0.2) is 16.6 Å². The molecule has 0 bridgehead atoms. The van der Waals surface area contributed by atoms with E-state index in [0.29, 0.717) is 0 Å². The third kappa shape index (κ3) is 9.47. The zero-order valence-corrected chi connectivity index (χ0v) is 13.0. The molecule has 0 aromatic rings. The Kier molecular flexibility index (Phi) is 6.87. The van der Waals surface area contributed by atoms with E-state index in [0.717, 1.165) is 0 Å². The van der Waals surface area contributed by atoms with Crippen molar-refractivity contribution in [1.29, 1.82) is 0 Å². The van der Waals surface area contributed by atoms with Crippen LogP contribution in [0.2, 0.25) is 39.3 Å². The summed E-state index contributed by atoms with van der Waals surface area (Å²) < 4.78 is 27.8. The van der Waals surface area contributed by atoms with Gasteiger partial charge in [-0.15, -0.1) is 0 Å². The molecule has 15 heavy (non-hydrogen) atoms. The summed E-state index contributed by atoms with van der Waals surface area (Å²) in [5.74, 6) is 0. The Morgan fingerprint density at radius 3 is 1.27 bits per heavy atom. The van der Waals surface area contributed by atoms with E-state index in [9.17, 15) is 4.57 Å². The molecule has 0 aliphatic carbocycles. The maximum atomic E-state index is 12.0. The van der Waals surface area contributed by atoms with Gasteiger partial charge in [-0.2, -0.15) is 0 Å². The Bertz CT molecular complexity index is 212. The van der Waals surface area contributed by atoms with Gasteiger partial charge in [0.25, 0.3) is 0 Å². The standard InChI is InChI=1S/C7H21O4PSi2.CH4/c1-9-12(8,10-13(2,3)4)11-14(5,6)7;/h1-7H3;1H4. The van der Waals surface area contributed by atoms with Crippen molar-refractivity contribution in [3.63, 3.8) is 0 Å². The van der Waals surface area contributed by atoms with Gasteiger partial charge in [0.1, 0.15) is 0 Å². The Hall–Kier alpha value is 0.544. The minimum absolute atomic E-state index is 0. The SMILES string of the molecule is C.COP(=O)(O[Si](C)(C)C)O[Si](C)(C)C. The highest BCUT2D eigenvalue weighted by Gasteiger charge is 2.36. The molecular weight excluding hydrogens is 247 g/mol. The molecule has 0 N–H and O–H groups in total. The van der Waals surface area contributed by atoms with Crippen molar-refractivity contribution in [3.05, 3.63) is 0 Å². The Morgan fingerprint density at radius 1 is 0.867 bits per heavy atom. The van der Waals surface area contributed by atoms with Crippen LogP contribution in [-0.4, -0.2) is 23.7 Å². The topological polar surface area (TPSA) is 44.8 Å². The van der Waals surface area contributed by atoms with Crippen molar-refractivity contribution in [1.82, 2.24) is 0 Å². The highest BCUT2D eigenvalue weighted by Crippen LogP contribution is 2.53. The molecule has 4 nitrogen and oxygen atoms in total. The van der Waals surface area contributed by atoms with E-state index < -0.39 is 24.5 Å². The molecule has 0 atom stereocenters. The summed E-state index contributed by atoms with van der Waals surface area (Å²) in [6, 6.07) is 0. The van der Waals surface area contributed by atoms with E-state index in [-0.39, 0.29) is 7.43 Å². The van der Waals surface area contributed by atoms with Crippen LogP contribution in [0.4, 0.5) is 0 Å². The molecule has 0 heterocycles. The first-order valence-corrected chi connectivity index (χ1v) is 12.8. The van der Waals surface area contributed by atoms with Gasteiger partial charge in [-0.05, 0) is 39.3 Å². The van der Waals surface area contributed by atoms with E-state index in [4.69, 9.17) is 12.9 Å². The Balaban J connectivity index is 0. The maximum Gasteiger partial charge on any atom is 0.454 e. The van der Waals surface area contributed by atoms with Crippen molar-refractivity contribution in [2.75, 3.05) is 7.11 Å². The smallest absolute Gasteiger partial charge is 0.331 e. The highest BCUT2D eigenvalue weighted by atomic mass is 31.2. The molecule has 0 aromatic carbocycles. The van der Waals surface area contributed by atoms with Gasteiger partial charge >= 0.3 is 7.82 Å². The van der Waals surface area contributed by atoms with Gasteiger partial charge < -0.3 is 8.43 Å². The fourth-order valence-electron chi connectivity index (χ4n) is 0.764. The van der Waals surface area contributed by atoms with E-state index in [1.165, 1.54) is 7.11 Å². The van der Waals surface area contributed by atoms with Crippen molar-refractivity contribution in [3.8, 4) is 0 Å². The van der Waals surface area contributed by atoms with Crippen LogP contribution in [0.3, 0.4) is 0 Å². The predicted octanol–water partition coefficient (Wildman–Crippen LogP) is 4.08. The van der Waals surface area contributed by atoms with E-state index in [1.807, 2.05) is 39.3 Å². The lowest BCUT2D eigenvalue weighted by molar-refractivity contribution is 0.246. The summed E-state index contributed by atoms with van der Waals surface area (Å²) in [5, 5.41) is 0. The van der Waals surface area contributed by atoms with Gasteiger partial charge in [0, 0.05) is 7.11 Å². The zero-order valence-electron chi connectivity index (χ0n) is 10.1. The van der Waals surface area contributed by atoms with Crippen molar-refractivity contribution < 1.29 is 17.5 Å². The number of rotatable bonds is 5. The molecule has 0 aliphatic rings. The van der Waals surface area contributed by atoms with Crippen molar-refractivity contribution in [2.24, 2.45) is 0 Å². The van der Waals surface area contributed by atoms with Gasteiger partial charge in [0.05, 0.1) is 0 Å². The van der Waals surface area contributed by atoms with Crippen LogP contribution in [0.15, 0.2) is 0 Å². The van der Waals surface area contributed by atoms with Crippen LogP contribution >= 0.6 is 7.82 Å². The molecule has 94 valence electrons. The van der Waals surface area contributed by atoms with Gasteiger partial charge in [-0.3, -0.25) is 4.52 Å². The quantitative estimate of drug-likeness (QED) is 0.559. The molecule has 0 aliphatic heterocycles. The van der Waals surface area contributed by atoms with E-state index >= 15 is 0 Å². The van der Waals surface area contributed by atoms with Crippen LogP contribution in [0.1, 0.15) is 7.43 Å². The van der Waals surface area contributed by atoms with Crippen LogP contribution in [0.25, 0.3) is 0 Å². The summed E-state index contributed by atoms with van der Waals surface area (Å²) in [4.78, 5) is 0. The van der Waals surface area contributed by atoms with Crippen LogP contribution in [0, 0.1) is 0 Å². The highest BCUT2D eigenvalue weighted by molar-refractivity contribution is 7.52. The normalized spacial score (nSPS) is 13.5. The first-order chi connectivity index (χ1) is 5.97. The van der Waals surface area contributed by atoms with Crippen LogP contribution in [-0.2, 0) is 17.5 Å². The second kappa shape index (κ2) is 5.75. The molecule has 0 radical (unpaired) electrons. The predicted molar refractivity (Wildman–Crippen MR) is 70.2 cm³/mol. The summed E-state index contributed by atoms with van der Waals surface area (Å²) >= 11 is 0. The molecule has 0 saturated heterocycles. The zero-order chi connectivity index (χ0) is 11.6. The minimum atomic E-state index is -3.32. The second-order valence-corrected chi connectivity index (χ2v) is 16.2. The van der Waals surface area contributed by atoms with Gasteiger partial charge in [-0.1, -0.05) is 7.43 Å². The molecule has 0 unspecified atom stereocenters. The molecule has 7 heteroatoms. The lowest BCUT2D eigenvalue weighted by atomic mass is 11.8. The monoisotopic (exact) mass is 272 g/mol. The molecule has 0 saturated carbocycles. The number of hydrogen-bond donors (Lipinski definition) is 0. The summed E-state index contributed by atoms with van der Waals surface area (Å²) in [6.45, 7) is 11.7. The molecule has 0 amide bonds. The van der Waals surface area contributed by atoms with Crippen molar-refractivity contribution >= 4 is 24.5 Å². The lowest BCUT2D eigenvalue weighted by Crippen LogP contribution is -2.30. The lowest BCUT2D eigenvalue weighted by Gasteiger charge is -2.28. The molecule has 0 spiro atoms.